The van der Waals surface area contributed by atoms with Gasteiger partial charge in [0.15, 0.2) is 0 Å². The number of aryl methyl sites for hydroxylation is 1. The van der Waals surface area contributed by atoms with Crippen LogP contribution in [0.5, 0.6) is 0 Å². The fourth-order valence-electron chi connectivity index (χ4n) is 2.07. The molecule has 110 valence electrons. The van der Waals surface area contributed by atoms with Crippen LogP contribution < -0.4 is 10.6 Å². The first-order valence-electron chi connectivity index (χ1n) is 6.96. The molecule has 0 aromatic heterocycles. The maximum atomic E-state index is 11.7. The van der Waals surface area contributed by atoms with Crippen molar-refractivity contribution in [3.63, 3.8) is 0 Å². The molecule has 3 nitrogen and oxygen atoms in total. The van der Waals surface area contributed by atoms with Crippen LogP contribution >= 0.6 is 11.6 Å². The predicted octanol–water partition coefficient (Wildman–Crippen LogP) is 3.69. The second-order valence-electron chi connectivity index (χ2n) is 4.94. The van der Waals surface area contributed by atoms with Crippen LogP contribution in [-0.4, -0.2) is 12.6 Å². The average molecular weight is 303 g/mol. The lowest BCUT2D eigenvalue weighted by Crippen LogP contribution is -2.36. The van der Waals surface area contributed by atoms with Crippen molar-refractivity contribution >= 4 is 17.6 Å². The number of rotatable bonds is 5. The van der Waals surface area contributed by atoms with Gasteiger partial charge in [0, 0.05) is 18.1 Å². The molecular formula is C17H19ClN2O. The maximum Gasteiger partial charge on any atom is 0.315 e. The van der Waals surface area contributed by atoms with Gasteiger partial charge in [-0.15, -0.1) is 0 Å². The summed E-state index contributed by atoms with van der Waals surface area (Å²) >= 11 is 6.04. The van der Waals surface area contributed by atoms with E-state index >= 15 is 0 Å². The van der Waals surface area contributed by atoms with E-state index < -0.39 is 0 Å². The van der Waals surface area contributed by atoms with E-state index in [0.717, 1.165) is 12.0 Å². The first kappa shape index (κ1) is 15.4. The summed E-state index contributed by atoms with van der Waals surface area (Å²) in [6.45, 7) is 3.10. The number of hydrogen-bond acceptors (Lipinski definition) is 1. The smallest absolute Gasteiger partial charge is 0.315 e. The standard InChI is InChI=1S/C17H19ClN2O/c1-13-5-4-6-14(11-13)9-10-19-17(21)20-12-15-7-2-3-8-16(15)18/h2-8,11H,9-10,12H2,1H3,(H2,19,20,21). The van der Waals surface area contributed by atoms with E-state index in [9.17, 15) is 4.79 Å². The normalized spacial score (nSPS) is 10.2. The van der Waals surface area contributed by atoms with Crippen LogP contribution in [0.25, 0.3) is 0 Å². The first-order chi connectivity index (χ1) is 10.1. The van der Waals surface area contributed by atoms with Crippen molar-refractivity contribution in [1.29, 1.82) is 0 Å². The SMILES string of the molecule is Cc1cccc(CCNC(=O)NCc2ccccc2Cl)c1. The molecule has 4 heteroatoms. The average Bonchev–Trinajstić information content (AvgIpc) is 2.46. The molecule has 0 spiro atoms. The lowest BCUT2D eigenvalue weighted by atomic mass is 10.1. The van der Waals surface area contributed by atoms with Gasteiger partial charge in [0.05, 0.1) is 0 Å². The zero-order valence-electron chi connectivity index (χ0n) is 12.0. The van der Waals surface area contributed by atoms with E-state index in [1.165, 1.54) is 11.1 Å². The van der Waals surface area contributed by atoms with E-state index in [1.54, 1.807) is 0 Å². The monoisotopic (exact) mass is 302 g/mol. The highest BCUT2D eigenvalue weighted by atomic mass is 35.5. The summed E-state index contributed by atoms with van der Waals surface area (Å²) in [5.74, 6) is 0. The van der Waals surface area contributed by atoms with Crippen LogP contribution in [0.3, 0.4) is 0 Å². The Kier molecular flexibility index (Phi) is 5.64. The molecule has 0 aliphatic rings. The Hall–Kier alpha value is -2.00. The maximum absolute atomic E-state index is 11.7. The Morgan fingerprint density at radius 3 is 2.67 bits per heavy atom. The lowest BCUT2D eigenvalue weighted by molar-refractivity contribution is 0.240. The predicted molar refractivity (Wildman–Crippen MR) is 86.6 cm³/mol. The summed E-state index contributed by atoms with van der Waals surface area (Å²) < 4.78 is 0. The molecule has 0 radical (unpaired) electrons. The molecule has 21 heavy (non-hydrogen) atoms. The van der Waals surface area contributed by atoms with E-state index in [1.807, 2.05) is 30.3 Å². The molecule has 0 unspecified atom stereocenters. The largest absolute Gasteiger partial charge is 0.338 e. The molecule has 0 saturated heterocycles. The van der Waals surface area contributed by atoms with Gasteiger partial charge in [-0.05, 0) is 30.5 Å². The van der Waals surface area contributed by atoms with Crippen molar-refractivity contribution in [3.8, 4) is 0 Å². The molecule has 0 fully saturated rings. The summed E-state index contributed by atoms with van der Waals surface area (Å²) in [5, 5.41) is 6.31. The number of halogens is 1. The summed E-state index contributed by atoms with van der Waals surface area (Å²) in [4.78, 5) is 11.7. The molecule has 2 amide bonds. The van der Waals surface area contributed by atoms with Crippen LogP contribution in [0.1, 0.15) is 16.7 Å². The van der Waals surface area contributed by atoms with Gasteiger partial charge in [0.25, 0.3) is 0 Å². The minimum absolute atomic E-state index is 0.178. The second-order valence-corrected chi connectivity index (χ2v) is 5.35. The second kappa shape index (κ2) is 7.70. The highest BCUT2D eigenvalue weighted by Crippen LogP contribution is 2.14. The molecular weight excluding hydrogens is 284 g/mol. The Morgan fingerprint density at radius 1 is 1.10 bits per heavy atom. The van der Waals surface area contributed by atoms with Crippen molar-refractivity contribution < 1.29 is 4.79 Å². The van der Waals surface area contributed by atoms with Crippen LogP contribution in [0.15, 0.2) is 48.5 Å². The number of carbonyl (C=O) groups excluding carboxylic acids is 1. The molecule has 2 aromatic rings. The summed E-state index contributed by atoms with van der Waals surface area (Å²) in [5.41, 5.74) is 3.37. The van der Waals surface area contributed by atoms with Gasteiger partial charge in [-0.3, -0.25) is 0 Å². The van der Waals surface area contributed by atoms with E-state index in [4.69, 9.17) is 11.6 Å². The van der Waals surface area contributed by atoms with E-state index in [-0.39, 0.29) is 6.03 Å². The summed E-state index contributed by atoms with van der Waals surface area (Å²) in [6.07, 6.45) is 0.821. The van der Waals surface area contributed by atoms with Gasteiger partial charge >= 0.3 is 6.03 Å². The van der Waals surface area contributed by atoms with Gasteiger partial charge in [-0.2, -0.15) is 0 Å². The number of hydrogen-bond donors (Lipinski definition) is 2. The van der Waals surface area contributed by atoms with Crippen LogP contribution in [0, 0.1) is 6.92 Å². The van der Waals surface area contributed by atoms with Gasteiger partial charge in [-0.25, -0.2) is 4.79 Å². The molecule has 0 bridgehead atoms. The lowest BCUT2D eigenvalue weighted by Gasteiger charge is -2.09. The van der Waals surface area contributed by atoms with E-state index in [2.05, 4.69) is 35.8 Å². The van der Waals surface area contributed by atoms with Crippen LogP contribution in [-0.2, 0) is 13.0 Å². The van der Waals surface area contributed by atoms with Crippen molar-refractivity contribution in [2.24, 2.45) is 0 Å². The Morgan fingerprint density at radius 2 is 1.90 bits per heavy atom. The number of urea groups is 1. The molecule has 0 saturated carbocycles. The third-order valence-electron chi connectivity index (χ3n) is 3.18. The number of nitrogens with one attached hydrogen (secondary N) is 2. The van der Waals surface area contributed by atoms with Crippen molar-refractivity contribution in [3.05, 3.63) is 70.2 Å². The molecule has 2 N–H and O–H groups in total. The third kappa shape index (κ3) is 5.12. The van der Waals surface area contributed by atoms with E-state index in [0.29, 0.717) is 18.1 Å². The minimum Gasteiger partial charge on any atom is -0.338 e. The molecule has 0 atom stereocenters. The summed E-state index contributed by atoms with van der Waals surface area (Å²) in [6, 6.07) is 15.6. The van der Waals surface area contributed by atoms with Gasteiger partial charge in [0.2, 0.25) is 0 Å². The third-order valence-corrected chi connectivity index (χ3v) is 3.55. The Bertz CT molecular complexity index is 613. The zero-order valence-corrected chi connectivity index (χ0v) is 12.8. The zero-order chi connectivity index (χ0) is 15.1. The topological polar surface area (TPSA) is 41.1 Å². The molecule has 2 rings (SSSR count). The fourth-order valence-corrected chi connectivity index (χ4v) is 2.27. The van der Waals surface area contributed by atoms with Gasteiger partial charge in [0.1, 0.15) is 0 Å². The number of carbonyl (C=O) groups is 1. The molecule has 0 aliphatic heterocycles. The Labute approximate surface area is 130 Å². The van der Waals surface area contributed by atoms with Crippen molar-refractivity contribution in [2.75, 3.05) is 6.54 Å². The van der Waals surface area contributed by atoms with Gasteiger partial charge in [-0.1, -0.05) is 59.6 Å². The molecule has 0 aliphatic carbocycles. The van der Waals surface area contributed by atoms with Crippen molar-refractivity contribution in [2.45, 2.75) is 19.9 Å². The summed E-state index contributed by atoms with van der Waals surface area (Å²) in [7, 11) is 0. The fraction of sp³-hybridized carbons (Fsp3) is 0.235. The Balaban J connectivity index is 1.72. The highest BCUT2D eigenvalue weighted by Gasteiger charge is 2.03. The highest BCUT2D eigenvalue weighted by molar-refractivity contribution is 6.31. The van der Waals surface area contributed by atoms with Gasteiger partial charge < -0.3 is 10.6 Å². The minimum atomic E-state index is -0.178. The quantitative estimate of drug-likeness (QED) is 0.869. The number of amides is 2. The molecule has 0 heterocycles. The van der Waals surface area contributed by atoms with Crippen LogP contribution in [0.2, 0.25) is 5.02 Å². The number of benzene rings is 2. The molecule has 2 aromatic carbocycles. The van der Waals surface area contributed by atoms with Crippen LogP contribution in [0.4, 0.5) is 4.79 Å². The first-order valence-corrected chi connectivity index (χ1v) is 7.33. The van der Waals surface area contributed by atoms with Crippen molar-refractivity contribution in [1.82, 2.24) is 10.6 Å².